The first-order valence-electron chi connectivity index (χ1n) is 10.8. The highest BCUT2D eigenvalue weighted by molar-refractivity contribution is 7.89. The molecule has 2 aromatic carbocycles. The first-order valence-corrected chi connectivity index (χ1v) is 12.3. The zero-order valence-electron chi connectivity index (χ0n) is 17.9. The van der Waals surface area contributed by atoms with Gasteiger partial charge in [0.05, 0.1) is 29.8 Å². The molecule has 0 aromatic heterocycles. The van der Waals surface area contributed by atoms with Crippen molar-refractivity contribution in [2.45, 2.75) is 30.4 Å². The van der Waals surface area contributed by atoms with Crippen molar-refractivity contribution >= 4 is 15.9 Å². The maximum atomic E-state index is 13.1. The van der Waals surface area contributed by atoms with Gasteiger partial charge in [-0.25, -0.2) is 8.42 Å². The van der Waals surface area contributed by atoms with Gasteiger partial charge in [0.1, 0.15) is 12.4 Å². The molecule has 1 atom stereocenters. The molecule has 2 heterocycles. The standard InChI is InChI=1S/C23H28N2O6S/c26-23(20-8-2-3-9-21(20)31-17-19-7-5-13-30-19)24-16-18-6-1-4-10-22(18)32(27,28)25-11-14-29-15-12-25/h1-4,6,8-10,19H,5,7,11-17H2,(H,24,26)/t19-/m1/s1. The zero-order valence-corrected chi connectivity index (χ0v) is 18.7. The summed E-state index contributed by atoms with van der Waals surface area (Å²) in [6, 6.07) is 13.8. The van der Waals surface area contributed by atoms with Gasteiger partial charge in [-0.3, -0.25) is 4.79 Å². The molecule has 2 saturated heterocycles. The van der Waals surface area contributed by atoms with Crippen LogP contribution in [0.25, 0.3) is 0 Å². The Balaban J connectivity index is 1.45. The van der Waals surface area contributed by atoms with Crippen LogP contribution in [0.15, 0.2) is 53.4 Å². The van der Waals surface area contributed by atoms with Crippen LogP contribution in [0, 0.1) is 0 Å². The van der Waals surface area contributed by atoms with Crippen LogP contribution >= 0.6 is 0 Å². The molecule has 32 heavy (non-hydrogen) atoms. The Hall–Kier alpha value is -2.46. The summed E-state index contributed by atoms with van der Waals surface area (Å²) in [5, 5.41) is 2.84. The highest BCUT2D eigenvalue weighted by Gasteiger charge is 2.28. The van der Waals surface area contributed by atoms with E-state index in [9.17, 15) is 13.2 Å². The number of benzene rings is 2. The monoisotopic (exact) mass is 460 g/mol. The fourth-order valence-corrected chi connectivity index (χ4v) is 5.47. The average molecular weight is 461 g/mol. The number of para-hydroxylation sites is 1. The number of nitrogens with zero attached hydrogens (tertiary/aromatic N) is 1. The van der Waals surface area contributed by atoms with Crippen molar-refractivity contribution in [3.8, 4) is 5.75 Å². The van der Waals surface area contributed by atoms with Gasteiger partial charge < -0.3 is 19.5 Å². The Morgan fingerprint density at radius 1 is 1.06 bits per heavy atom. The minimum atomic E-state index is -3.67. The third-order valence-corrected chi connectivity index (χ3v) is 7.58. The smallest absolute Gasteiger partial charge is 0.255 e. The molecule has 2 aromatic rings. The first kappa shape index (κ1) is 22.7. The van der Waals surface area contributed by atoms with Crippen molar-refractivity contribution in [2.24, 2.45) is 0 Å². The van der Waals surface area contributed by atoms with Crippen molar-refractivity contribution in [3.63, 3.8) is 0 Å². The van der Waals surface area contributed by atoms with Crippen LogP contribution in [0.2, 0.25) is 0 Å². The molecule has 0 unspecified atom stereocenters. The van der Waals surface area contributed by atoms with E-state index in [0.29, 0.717) is 49.8 Å². The predicted molar refractivity (Wildman–Crippen MR) is 118 cm³/mol. The number of amides is 1. The molecule has 2 fully saturated rings. The van der Waals surface area contributed by atoms with Crippen LogP contribution in [-0.4, -0.2) is 64.3 Å². The summed E-state index contributed by atoms with van der Waals surface area (Å²) in [5.74, 6) is 0.154. The number of nitrogens with one attached hydrogen (secondary N) is 1. The van der Waals surface area contributed by atoms with Gasteiger partial charge in [-0.05, 0) is 36.6 Å². The van der Waals surface area contributed by atoms with E-state index in [-0.39, 0.29) is 23.5 Å². The Kier molecular flexibility index (Phi) is 7.41. The van der Waals surface area contributed by atoms with E-state index >= 15 is 0 Å². The van der Waals surface area contributed by atoms with E-state index in [4.69, 9.17) is 14.2 Å². The molecule has 172 valence electrons. The van der Waals surface area contributed by atoms with Crippen molar-refractivity contribution in [1.82, 2.24) is 9.62 Å². The summed E-state index contributed by atoms with van der Waals surface area (Å²) in [6.45, 7) is 2.60. The van der Waals surface area contributed by atoms with E-state index in [1.165, 1.54) is 4.31 Å². The summed E-state index contributed by atoms with van der Waals surface area (Å²) in [5.41, 5.74) is 0.934. The third kappa shape index (κ3) is 5.29. The van der Waals surface area contributed by atoms with Crippen molar-refractivity contribution in [2.75, 3.05) is 39.5 Å². The van der Waals surface area contributed by atoms with Crippen LogP contribution < -0.4 is 10.1 Å². The molecule has 4 rings (SSSR count). The number of hydrogen-bond donors (Lipinski definition) is 1. The van der Waals surface area contributed by atoms with Gasteiger partial charge in [0.15, 0.2) is 0 Å². The Bertz CT molecular complexity index is 1030. The maximum Gasteiger partial charge on any atom is 0.255 e. The average Bonchev–Trinajstić information content (AvgIpc) is 3.36. The van der Waals surface area contributed by atoms with Crippen LogP contribution in [0.1, 0.15) is 28.8 Å². The van der Waals surface area contributed by atoms with Crippen LogP contribution in [0.4, 0.5) is 0 Å². The maximum absolute atomic E-state index is 13.1. The SMILES string of the molecule is O=C(NCc1ccccc1S(=O)(=O)N1CCOCC1)c1ccccc1OC[C@H]1CCCO1. The topological polar surface area (TPSA) is 94.2 Å². The molecule has 1 N–H and O–H groups in total. The second-order valence-corrected chi connectivity index (χ2v) is 9.66. The molecule has 0 bridgehead atoms. The minimum Gasteiger partial charge on any atom is -0.490 e. The number of morpholine rings is 1. The molecule has 8 nitrogen and oxygen atoms in total. The van der Waals surface area contributed by atoms with Gasteiger partial charge in [0.25, 0.3) is 5.91 Å². The van der Waals surface area contributed by atoms with Gasteiger partial charge in [0, 0.05) is 26.2 Å². The highest BCUT2D eigenvalue weighted by atomic mass is 32.2. The summed E-state index contributed by atoms with van der Waals surface area (Å²) in [4.78, 5) is 13.1. The molecule has 1 amide bonds. The second kappa shape index (κ2) is 10.4. The lowest BCUT2D eigenvalue weighted by Crippen LogP contribution is -2.41. The highest BCUT2D eigenvalue weighted by Crippen LogP contribution is 2.23. The first-order chi connectivity index (χ1) is 15.6. The van der Waals surface area contributed by atoms with E-state index < -0.39 is 10.0 Å². The molecular weight excluding hydrogens is 432 g/mol. The third-order valence-electron chi connectivity index (χ3n) is 5.58. The fourth-order valence-electron chi connectivity index (χ4n) is 3.84. The van der Waals surface area contributed by atoms with E-state index in [1.807, 2.05) is 6.07 Å². The Labute approximate surface area is 188 Å². The molecule has 0 saturated carbocycles. The summed E-state index contributed by atoms with van der Waals surface area (Å²) < 4.78 is 44.4. The number of carbonyl (C=O) groups is 1. The second-order valence-electron chi connectivity index (χ2n) is 7.75. The van der Waals surface area contributed by atoms with Crippen molar-refractivity contribution in [3.05, 3.63) is 59.7 Å². The number of ether oxygens (including phenoxy) is 3. The Morgan fingerprint density at radius 2 is 1.81 bits per heavy atom. The van der Waals surface area contributed by atoms with Crippen molar-refractivity contribution in [1.29, 1.82) is 0 Å². The van der Waals surface area contributed by atoms with E-state index in [2.05, 4.69) is 5.32 Å². The van der Waals surface area contributed by atoms with Gasteiger partial charge in [-0.1, -0.05) is 30.3 Å². The number of sulfonamides is 1. The molecular formula is C23H28N2O6S. The number of hydrogen-bond acceptors (Lipinski definition) is 6. The summed E-state index contributed by atoms with van der Waals surface area (Å²) in [7, 11) is -3.67. The van der Waals surface area contributed by atoms with Crippen LogP contribution in [-0.2, 0) is 26.0 Å². The molecule has 0 spiro atoms. The lowest BCUT2D eigenvalue weighted by Gasteiger charge is -2.27. The minimum absolute atomic E-state index is 0.0448. The number of rotatable bonds is 8. The fraction of sp³-hybridized carbons (Fsp3) is 0.435. The van der Waals surface area contributed by atoms with Gasteiger partial charge >= 0.3 is 0 Å². The quantitative estimate of drug-likeness (QED) is 0.649. The lowest BCUT2D eigenvalue weighted by molar-refractivity contribution is 0.0670. The largest absolute Gasteiger partial charge is 0.490 e. The van der Waals surface area contributed by atoms with E-state index in [1.54, 1.807) is 42.5 Å². The Morgan fingerprint density at radius 3 is 2.59 bits per heavy atom. The molecule has 2 aliphatic rings. The summed E-state index contributed by atoms with van der Waals surface area (Å²) >= 11 is 0. The summed E-state index contributed by atoms with van der Waals surface area (Å²) in [6.07, 6.45) is 2.01. The van der Waals surface area contributed by atoms with Gasteiger partial charge in [-0.2, -0.15) is 4.31 Å². The van der Waals surface area contributed by atoms with Gasteiger partial charge in [-0.15, -0.1) is 0 Å². The molecule has 9 heteroatoms. The molecule has 0 radical (unpaired) electrons. The predicted octanol–water partition coefficient (Wildman–Crippen LogP) is 2.20. The number of carbonyl (C=O) groups excluding carboxylic acids is 1. The van der Waals surface area contributed by atoms with Crippen LogP contribution in [0.3, 0.4) is 0 Å². The van der Waals surface area contributed by atoms with Gasteiger partial charge in [0.2, 0.25) is 10.0 Å². The van der Waals surface area contributed by atoms with Crippen LogP contribution in [0.5, 0.6) is 5.75 Å². The lowest BCUT2D eigenvalue weighted by atomic mass is 10.1. The van der Waals surface area contributed by atoms with E-state index in [0.717, 1.165) is 19.4 Å². The normalized spacial score (nSPS) is 19.6. The molecule has 0 aliphatic carbocycles. The van der Waals surface area contributed by atoms with Crippen molar-refractivity contribution < 1.29 is 27.4 Å². The zero-order chi connectivity index (χ0) is 22.4. The molecule has 2 aliphatic heterocycles.